The third kappa shape index (κ3) is 4.14. The van der Waals surface area contributed by atoms with Crippen LogP contribution in [0.1, 0.15) is 50.3 Å². The number of rotatable bonds is 5. The molecular weight excluding hydrogens is 411 g/mol. The highest BCUT2D eigenvalue weighted by atomic mass is 32.2. The Morgan fingerprint density at radius 3 is 2.90 bits per heavy atom. The van der Waals surface area contributed by atoms with Gasteiger partial charge in [-0.2, -0.15) is 5.10 Å². The van der Waals surface area contributed by atoms with Crippen LogP contribution in [0.3, 0.4) is 0 Å². The van der Waals surface area contributed by atoms with Crippen LogP contribution in [-0.2, 0) is 21.0 Å². The highest BCUT2D eigenvalue weighted by molar-refractivity contribution is 7.91. The minimum absolute atomic E-state index is 0.0190. The van der Waals surface area contributed by atoms with Crippen molar-refractivity contribution in [3.8, 4) is 0 Å². The number of nitrogens with one attached hydrogen (secondary N) is 3. The smallest absolute Gasteiger partial charge is 0.407 e. The van der Waals surface area contributed by atoms with Crippen molar-refractivity contribution < 1.29 is 22.3 Å². The number of halogens is 1. The Bertz CT molecular complexity index is 1070. The van der Waals surface area contributed by atoms with Gasteiger partial charge in [0.25, 0.3) is 0 Å². The zero-order valence-electron chi connectivity index (χ0n) is 16.9. The molecule has 4 rings (SSSR count). The van der Waals surface area contributed by atoms with Gasteiger partial charge in [0.05, 0.1) is 11.4 Å². The topological polar surface area (TPSA) is 113 Å². The van der Waals surface area contributed by atoms with Crippen LogP contribution in [0.25, 0.3) is 0 Å². The number of fused-ring (bicyclic) bond motifs is 1. The number of benzene rings is 1. The lowest BCUT2D eigenvalue weighted by atomic mass is 10.0. The summed E-state index contributed by atoms with van der Waals surface area (Å²) in [6.07, 6.45) is 2.04. The Balaban J connectivity index is 1.42. The van der Waals surface area contributed by atoms with E-state index in [1.807, 2.05) is 13.8 Å². The zero-order valence-corrected chi connectivity index (χ0v) is 17.7. The van der Waals surface area contributed by atoms with Gasteiger partial charge in [-0.1, -0.05) is 6.07 Å². The predicted molar refractivity (Wildman–Crippen MR) is 109 cm³/mol. The molecule has 2 heterocycles. The summed E-state index contributed by atoms with van der Waals surface area (Å²) in [7, 11) is -3.57. The average molecular weight is 437 g/mol. The number of carbonyl (C=O) groups excluding carboxylic acids is 1. The molecule has 0 radical (unpaired) electrons. The van der Waals surface area contributed by atoms with E-state index in [1.165, 1.54) is 6.07 Å². The summed E-state index contributed by atoms with van der Waals surface area (Å²) in [5.41, 5.74) is 1.46. The molecule has 1 amide bonds. The van der Waals surface area contributed by atoms with E-state index >= 15 is 0 Å². The minimum atomic E-state index is -3.57. The highest BCUT2D eigenvalue weighted by Crippen LogP contribution is 2.37. The highest BCUT2D eigenvalue weighted by Gasteiger charge is 2.32. The van der Waals surface area contributed by atoms with Gasteiger partial charge >= 0.3 is 6.09 Å². The molecule has 0 unspecified atom stereocenters. The molecule has 1 saturated carbocycles. The number of sulfone groups is 1. The third-order valence-corrected chi connectivity index (χ3v) is 7.30. The molecule has 1 aliphatic carbocycles. The van der Waals surface area contributed by atoms with E-state index in [4.69, 9.17) is 4.74 Å². The summed E-state index contributed by atoms with van der Waals surface area (Å²) in [5.74, 6) is -0.272. The van der Waals surface area contributed by atoms with Gasteiger partial charge < -0.3 is 15.4 Å². The second-order valence-electron chi connectivity index (χ2n) is 8.15. The van der Waals surface area contributed by atoms with Gasteiger partial charge in [0, 0.05) is 23.7 Å². The largest absolute Gasteiger partial charge is 0.446 e. The Kier molecular flexibility index (Phi) is 5.44. The average Bonchev–Trinajstić information content (AvgIpc) is 3.36. The molecule has 1 aromatic heterocycles. The van der Waals surface area contributed by atoms with Gasteiger partial charge in [0.2, 0.25) is 0 Å². The number of hydrogen-bond acceptors (Lipinski definition) is 6. The number of amides is 1. The minimum Gasteiger partial charge on any atom is -0.446 e. The van der Waals surface area contributed by atoms with Crippen molar-refractivity contribution in [1.82, 2.24) is 15.5 Å². The van der Waals surface area contributed by atoms with Crippen molar-refractivity contribution >= 4 is 27.4 Å². The van der Waals surface area contributed by atoms with Crippen molar-refractivity contribution in [3.05, 3.63) is 35.3 Å². The number of nitrogens with zero attached hydrogens (tertiary/aromatic N) is 1. The lowest BCUT2D eigenvalue weighted by Crippen LogP contribution is -2.33. The molecule has 3 N–H and O–H groups in total. The summed E-state index contributed by atoms with van der Waals surface area (Å²) in [4.78, 5) is 11.6. The van der Waals surface area contributed by atoms with Crippen LogP contribution < -0.4 is 10.6 Å². The normalized spacial score (nSPS) is 22.1. The summed E-state index contributed by atoms with van der Waals surface area (Å²) >= 11 is 0. The van der Waals surface area contributed by atoms with E-state index in [-0.39, 0.29) is 34.4 Å². The van der Waals surface area contributed by atoms with Gasteiger partial charge in [-0.25, -0.2) is 17.6 Å². The molecule has 0 spiro atoms. The lowest BCUT2D eigenvalue weighted by Gasteiger charge is -2.14. The molecule has 1 aromatic carbocycles. The molecule has 0 bridgehead atoms. The van der Waals surface area contributed by atoms with Crippen molar-refractivity contribution in [2.45, 2.75) is 62.5 Å². The van der Waals surface area contributed by atoms with E-state index < -0.39 is 21.7 Å². The molecule has 8 nitrogen and oxygen atoms in total. The van der Waals surface area contributed by atoms with Gasteiger partial charge in [0.1, 0.15) is 11.0 Å². The Labute approximate surface area is 174 Å². The van der Waals surface area contributed by atoms with Crippen LogP contribution in [-0.4, -0.2) is 42.6 Å². The van der Waals surface area contributed by atoms with E-state index in [9.17, 15) is 17.6 Å². The quantitative estimate of drug-likeness (QED) is 0.662. The van der Waals surface area contributed by atoms with Crippen molar-refractivity contribution in [2.75, 3.05) is 11.1 Å². The predicted octanol–water partition coefficient (Wildman–Crippen LogP) is 3.39. The number of aromatic nitrogens is 2. The molecule has 0 saturated heterocycles. The maximum atomic E-state index is 14.8. The van der Waals surface area contributed by atoms with Crippen LogP contribution in [0.15, 0.2) is 23.1 Å². The van der Waals surface area contributed by atoms with Crippen molar-refractivity contribution in [2.24, 2.45) is 0 Å². The SMILES string of the molecule is CC(C)NC(=O)O[C@H]1CC[C@@H](c2cc(Nc3ccc4c(c3F)S(=O)(=O)CC4)n[nH]2)C1. The van der Waals surface area contributed by atoms with Gasteiger partial charge in [-0.15, -0.1) is 0 Å². The van der Waals surface area contributed by atoms with Crippen LogP contribution in [0, 0.1) is 5.82 Å². The number of aromatic amines is 1. The van der Waals surface area contributed by atoms with E-state index in [2.05, 4.69) is 20.8 Å². The lowest BCUT2D eigenvalue weighted by molar-refractivity contribution is 0.0981. The third-order valence-electron chi connectivity index (χ3n) is 5.49. The molecular formula is C20H25FN4O4S. The second-order valence-corrected chi connectivity index (χ2v) is 10.2. The fourth-order valence-electron chi connectivity index (χ4n) is 4.07. The Morgan fingerprint density at radius 2 is 2.13 bits per heavy atom. The van der Waals surface area contributed by atoms with E-state index in [1.54, 1.807) is 12.1 Å². The standard InChI is InChI=1S/C20H25FN4O4S/c1-11(2)22-20(26)29-14-5-3-13(9-14)16-10-17(25-24-16)23-15-6-4-12-7-8-30(27,28)19(12)18(15)21/h4,6,10-11,13-14H,3,5,7-9H2,1-2H3,(H,22,26)(H2,23,24,25)/t13-,14+/m1/s1. The summed E-state index contributed by atoms with van der Waals surface area (Å²) in [6.45, 7) is 3.74. The molecule has 30 heavy (non-hydrogen) atoms. The Morgan fingerprint density at radius 1 is 1.33 bits per heavy atom. The molecule has 2 aliphatic rings. The molecule has 162 valence electrons. The Hall–Kier alpha value is -2.62. The number of anilines is 2. The number of ether oxygens (including phenoxy) is 1. The zero-order chi connectivity index (χ0) is 21.5. The summed E-state index contributed by atoms with van der Waals surface area (Å²) in [6, 6.07) is 4.98. The first kappa shape index (κ1) is 20.6. The van der Waals surface area contributed by atoms with E-state index in [0.717, 1.165) is 18.5 Å². The fourth-order valence-corrected chi connectivity index (χ4v) is 5.72. The maximum Gasteiger partial charge on any atom is 0.407 e. The van der Waals surface area contributed by atoms with Gasteiger partial charge in [-0.3, -0.25) is 5.10 Å². The number of alkyl carbamates (subject to hydrolysis) is 1. The van der Waals surface area contributed by atoms with Crippen LogP contribution in [0.4, 0.5) is 20.7 Å². The maximum absolute atomic E-state index is 14.8. The molecule has 10 heteroatoms. The monoisotopic (exact) mass is 436 g/mol. The van der Waals surface area contributed by atoms with Crippen molar-refractivity contribution in [1.29, 1.82) is 0 Å². The number of H-pyrrole nitrogens is 1. The fraction of sp³-hybridized carbons (Fsp3) is 0.500. The number of hydrogen-bond donors (Lipinski definition) is 3. The van der Waals surface area contributed by atoms with E-state index in [0.29, 0.717) is 24.2 Å². The van der Waals surface area contributed by atoms with Gasteiger partial charge in [-0.05, 0) is 51.2 Å². The van der Waals surface area contributed by atoms with Crippen LogP contribution in [0.5, 0.6) is 0 Å². The first-order chi connectivity index (χ1) is 14.2. The first-order valence-corrected chi connectivity index (χ1v) is 11.7. The van der Waals surface area contributed by atoms with Crippen LogP contribution in [0.2, 0.25) is 0 Å². The summed E-state index contributed by atoms with van der Waals surface area (Å²) < 4.78 is 44.4. The molecule has 1 fully saturated rings. The van der Waals surface area contributed by atoms with Gasteiger partial charge in [0.15, 0.2) is 21.5 Å². The van der Waals surface area contributed by atoms with Crippen molar-refractivity contribution in [3.63, 3.8) is 0 Å². The number of aryl methyl sites for hydroxylation is 1. The second kappa shape index (κ2) is 7.90. The molecule has 2 atom stereocenters. The number of carbonyl (C=O) groups is 1. The van der Waals surface area contributed by atoms with Crippen LogP contribution >= 0.6 is 0 Å². The molecule has 1 aliphatic heterocycles. The first-order valence-electron chi connectivity index (χ1n) is 10.1. The summed E-state index contributed by atoms with van der Waals surface area (Å²) in [5, 5.41) is 12.7. The molecule has 2 aromatic rings.